The number of anilines is 1. The van der Waals surface area contributed by atoms with E-state index in [-0.39, 0.29) is 23.2 Å². The average Bonchev–Trinajstić information content (AvgIpc) is 2.89. The second-order valence-electron chi connectivity index (χ2n) is 6.34. The molecule has 2 atom stereocenters. The highest BCUT2D eigenvalue weighted by Crippen LogP contribution is 2.27. The number of ether oxygens (including phenoxy) is 1. The summed E-state index contributed by atoms with van der Waals surface area (Å²) in [6.07, 6.45) is 0. The molecule has 25 heavy (non-hydrogen) atoms. The minimum absolute atomic E-state index is 0.0326. The Bertz CT molecular complexity index is 743. The molecule has 3 rings (SSSR count). The van der Waals surface area contributed by atoms with Crippen LogP contribution in [-0.4, -0.2) is 81.2 Å². The molecule has 9 heteroatoms. The van der Waals surface area contributed by atoms with Crippen molar-refractivity contribution < 1.29 is 22.3 Å². The third-order valence-corrected chi connectivity index (χ3v) is 6.45. The van der Waals surface area contributed by atoms with Crippen LogP contribution in [0.5, 0.6) is 0 Å². The van der Waals surface area contributed by atoms with Gasteiger partial charge >= 0.3 is 6.03 Å². The van der Waals surface area contributed by atoms with Gasteiger partial charge in [-0.3, -0.25) is 4.90 Å². The standard InChI is InChI=1S/C16H22FN3O4S/c1-24-9-8-19-6-7-20(15-11-25(22,23)10-14(15)19)16(21)18-13-5-3-2-4-12(13)17/h2-5,14-15H,6-11H2,1H3,(H,18,21)/t14-,15+/m1/s1. The van der Waals surface area contributed by atoms with Crippen molar-refractivity contribution in [3.63, 3.8) is 0 Å². The van der Waals surface area contributed by atoms with Gasteiger partial charge in [-0.05, 0) is 12.1 Å². The van der Waals surface area contributed by atoms with Crippen LogP contribution in [0.2, 0.25) is 0 Å². The maximum Gasteiger partial charge on any atom is 0.322 e. The molecule has 1 N–H and O–H groups in total. The van der Waals surface area contributed by atoms with E-state index in [4.69, 9.17) is 4.74 Å². The first-order valence-electron chi connectivity index (χ1n) is 8.17. The van der Waals surface area contributed by atoms with Gasteiger partial charge in [0.05, 0.1) is 29.8 Å². The Hall–Kier alpha value is -1.71. The fourth-order valence-corrected chi connectivity index (χ4v) is 5.52. The fourth-order valence-electron chi connectivity index (χ4n) is 3.51. The number of urea groups is 1. The Morgan fingerprint density at radius 2 is 2.00 bits per heavy atom. The molecule has 2 fully saturated rings. The van der Waals surface area contributed by atoms with Crippen LogP contribution in [0.1, 0.15) is 0 Å². The molecule has 2 saturated heterocycles. The Morgan fingerprint density at radius 1 is 1.28 bits per heavy atom. The number of para-hydroxylation sites is 1. The number of carbonyl (C=O) groups excluding carboxylic acids is 1. The molecule has 2 heterocycles. The molecule has 0 spiro atoms. The highest BCUT2D eigenvalue weighted by Gasteiger charge is 2.47. The van der Waals surface area contributed by atoms with E-state index in [2.05, 4.69) is 10.2 Å². The quantitative estimate of drug-likeness (QED) is 0.847. The van der Waals surface area contributed by atoms with Gasteiger partial charge < -0.3 is 15.0 Å². The summed E-state index contributed by atoms with van der Waals surface area (Å²) in [4.78, 5) is 16.2. The molecule has 7 nitrogen and oxygen atoms in total. The third-order valence-electron chi connectivity index (χ3n) is 4.75. The number of nitrogens with one attached hydrogen (secondary N) is 1. The summed E-state index contributed by atoms with van der Waals surface area (Å²) in [6, 6.07) is 4.77. The molecular formula is C16H22FN3O4S. The van der Waals surface area contributed by atoms with Gasteiger partial charge in [0.15, 0.2) is 9.84 Å². The number of nitrogens with zero attached hydrogens (tertiary/aromatic N) is 2. The van der Waals surface area contributed by atoms with Crippen LogP contribution in [0.4, 0.5) is 14.9 Å². The molecule has 0 unspecified atom stereocenters. The van der Waals surface area contributed by atoms with Gasteiger partial charge in [0.1, 0.15) is 5.82 Å². The summed E-state index contributed by atoms with van der Waals surface area (Å²) in [5.74, 6) is -0.554. The predicted molar refractivity (Wildman–Crippen MR) is 91.8 cm³/mol. The molecule has 138 valence electrons. The lowest BCUT2D eigenvalue weighted by Crippen LogP contribution is -2.61. The van der Waals surface area contributed by atoms with Gasteiger partial charge in [-0.2, -0.15) is 0 Å². The van der Waals surface area contributed by atoms with Crippen LogP contribution in [-0.2, 0) is 14.6 Å². The summed E-state index contributed by atoms with van der Waals surface area (Å²) in [7, 11) is -1.61. The number of amides is 2. The maximum absolute atomic E-state index is 13.8. The molecule has 0 bridgehead atoms. The summed E-state index contributed by atoms with van der Waals surface area (Å²) in [5, 5.41) is 2.55. The van der Waals surface area contributed by atoms with Crippen LogP contribution < -0.4 is 5.32 Å². The van der Waals surface area contributed by atoms with Gasteiger partial charge in [-0.1, -0.05) is 12.1 Å². The molecule has 2 aliphatic rings. The van der Waals surface area contributed by atoms with Crippen molar-refractivity contribution in [2.24, 2.45) is 0 Å². The van der Waals surface area contributed by atoms with Crippen LogP contribution >= 0.6 is 0 Å². The minimum Gasteiger partial charge on any atom is -0.383 e. The van der Waals surface area contributed by atoms with Crippen molar-refractivity contribution in [2.45, 2.75) is 12.1 Å². The van der Waals surface area contributed by atoms with E-state index in [0.717, 1.165) is 0 Å². The summed E-state index contributed by atoms with van der Waals surface area (Å²) < 4.78 is 43.1. The van der Waals surface area contributed by atoms with E-state index in [9.17, 15) is 17.6 Å². The lowest BCUT2D eigenvalue weighted by atomic mass is 10.1. The van der Waals surface area contributed by atoms with E-state index in [0.29, 0.717) is 26.2 Å². The maximum atomic E-state index is 13.8. The SMILES string of the molecule is COCCN1CCN(C(=O)Nc2ccccc2F)[C@H]2CS(=O)(=O)C[C@H]21. The van der Waals surface area contributed by atoms with E-state index in [1.165, 1.54) is 17.0 Å². The van der Waals surface area contributed by atoms with Crippen molar-refractivity contribution in [3.05, 3.63) is 30.1 Å². The molecule has 2 amide bonds. The second kappa shape index (κ2) is 7.27. The van der Waals surface area contributed by atoms with Crippen LogP contribution in [0.25, 0.3) is 0 Å². The van der Waals surface area contributed by atoms with Crippen LogP contribution in [0.3, 0.4) is 0 Å². The lowest BCUT2D eigenvalue weighted by Gasteiger charge is -2.43. The van der Waals surface area contributed by atoms with Crippen molar-refractivity contribution in [2.75, 3.05) is 50.2 Å². The molecule has 0 radical (unpaired) electrons. The molecule has 2 aliphatic heterocycles. The molecule has 0 aliphatic carbocycles. The minimum atomic E-state index is -3.21. The summed E-state index contributed by atoms with van der Waals surface area (Å²) in [6.45, 7) is 2.08. The molecular weight excluding hydrogens is 349 g/mol. The average molecular weight is 371 g/mol. The Balaban J connectivity index is 1.76. The number of hydrogen-bond donors (Lipinski definition) is 1. The Kier molecular flexibility index (Phi) is 5.26. The highest BCUT2D eigenvalue weighted by molar-refractivity contribution is 7.91. The van der Waals surface area contributed by atoms with Gasteiger partial charge in [0.2, 0.25) is 0 Å². The first kappa shape index (κ1) is 18.1. The lowest BCUT2D eigenvalue weighted by molar-refractivity contribution is 0.0499. The highest BCUT2D eigenvalue weighted by atomic mass is 32.2. The Labute approximate surface area is 146 Å². The van der Waals surface area contributed by atoms with E-state index in [1.807, 2.05) is 0 Å². The normalized spacial score (nSPS) is 25.6. The molecule has 0 saturated carbocycles. The fraction of sp³-hybridized carbons (Fsp3) is 0.562. The number of benzene rings is 1. The number of piperazine rings is 1. The van der Waals surface area contributed by atoms with E-state index >= 15 is 0 Å². The van der Waals surface area contributed by atoms with Crippen molar-refractivity contribution in [3.8, 4) is 0 Å². The van der Waals surface area contributed by atoms with E-state index in [1.54, 1.807) is 19.2 Å². The third kappa shape index (κ3) is 3.94. The molecule has 0 aromatic heterocycles. The van der Waals surface area contributed by atoms with Crippen LogP contribution in [0.15, 0.2) is 24.3 Å². The molecule has 1 aromatic carbocycles. The van der Waals surface area contributed by atoms with Crippen LogP contribution in [0, 0.1) is 5.82 Å². The largest absolute Gasteiger partial charge is 0.383 e. The van der Waals surface area contributed by atoms with Gasteiger partial charge in [0, 0.05) is 32.8 Å². The number of methoxy groups -OCH3 is 1. The van der Waals surface area contributed by atoms with Gasteiger partial charge in [-0.25, -0.2) is 17.6 Å². The molecule has 1 aromatic rings. The van der Waals surface area contributed by atoms with Crippen molar-refractivity contribution in [1.29, 1.82) is 0 Å². The number of halogens is 1. The predicted octanol–water partition coefficient (Wildman–Crippen LogP) is 0.787. The second-order valence-corrected chi connectivity index (χ2v) is 8.50. The first-order valence-corrected chi connectivity index (χ1v) is 9.99. The van der Waals surface area contributed by atoms with Crippen molar-refractivity contribution >= 4 is 21.6 Å². The zero-order chi connectivity index (χ0) is 18.0. The summed E-state index contributed by atoms with van der Waals surface area (Å²) in [5.41, 5.74) is 0.0896. The number of fused-ring (bicyclic) bond motifs is 1. The summed E-state index contributed by atoms with van der Waals surface area (Å²) >= 11 is 0. The monoisotopic (exact) mass is 371 g/mol. The van der Waals surface area contributed by atoms with Crippen molar-refractivity contribution in [1.82, 2.24) is 9.80 Å². The number of carbonyl (C=O) groups is 1. The van der Waals surface area contributed by atoms with Gasteiger partial charge in [-0.15, -0.1) is 0 Å². The number of sulfone groups is 1. The number of hydrogen-bond acceptors (Lipinski definition) is 5. The first-order chi connectivity index (χ1) is 11.9. The zero-order valence-corrected chi connectivity index (χ0v) is 14.8. The van der Waals surface area contributed by atoms with Gasteiger partial charge in [0.25, 0.3) is 0 Å². The topological polar surface area (TPSA) is 79.0 Å². The number of rotatable bonds is 4. The smallest absolute Gasteiger partial charge is 0.322 e. The Morgan fingerprint density at radius 3 is 2.72 bits per heavy atom. The van der Waals surface area contributed by atoms with E-state index < -0.39 is 27.7 Å². The zero-order valence-electron chi connectivity index (χ0n) is 14.0.